The predicted molar refractivity (Wildman–Crippen MR) is 116 cm³/mol. The van der Waals surface area contributed by atoms with Crippen LogP contribution in [0.2, 0.25) is 0 Å². The molecule has 0 bridgehead atoms. The van der Waals surface area contributed by atoms with Crippen molar-refractivity contribution in [1.29, 1.82) is 0 Å². The predicted octanol–water partition coefficient (Wildman–Crippen LogP) is -1.51. The molecule has 0 spiro atoms. The maximum absolute atomic E-state index is 12.3. The molecule has 0 radical (unpaired) electrons. The van der Waals surface area contributed by atoms with Gasteiger partial charge in [-0.05, 0) is 24.5 Å². The van der Waals surface area contributed by atoms with E-state index in [1.807, 2.05) is 14.1 Å². The number of likely N-dealkylation sites (N-methyl/N-ethyl adjacent to an activating group) is 1. The van der Waals surface area contributed by atoms with Gasteiger partial charge in [-0.15, -0.1) is 0 Å². The lowest BCUT2D eigenvalue weighted by Crippen LogP contribution is -3.27. The maximum atomic E-state index is 12.3. The summed E-state index contributed by atoms with van der Waals surface area (Å²) >= 11 is 0. The Morgan fingerprint density at radius 2 is 1.59 bits per heavy atom. The second kappa shape index (κ2) is 11.2. The summed E-state index contributed by atoms with van der Waals surface area (Å²) in [4.78, 5) is 29.5. The zero-order valence-corrected chi connectivity index (χ0v) is 18.7. The third kappa shape index (κ3) is 7.33. The van der Waals surface area contributed by atoms with E-state index in [0.717, 1.165) is 38.3 Å². The van der Waals surface area contributed by atoms with E-state index in [2.05, 4.69) is 60.7 Å². The smallest absolute Gasteiger partial charge is 0.309 e. The Morgan fingerprint density at radius 3 is 2.14 bits per heavy atom. The third-order valence-electron chi connectivity index (χ3n) is 5.73. The molecule has 162 valence electrons. The van der Waals surface area contributed by atoms with E-state index in [1.54, 1.807) is 4.90 Å². The molecule has 1 fully saturated rings. The van der Waals surface area contributed by atoms with E-state index >= 15 is 0 Å². The molecule has 1 aromatic carbocycles. The van der Waals surface area contributed by atoms with E-state index in [9.17, 15) is 9.59 Å². The highest BCUT2D eigenvalue weighted by atomic mass is 16.2. The van der Waals surface area contributed by atoms with Crippen molar-refractivity contribution in [3.8, 4) is 0 Å². The minimum absolute atomic E-state index is 0.145. The van der Waals surface area contributed by atoms with Gasteiger partial charge in [0.05, 0.1) is 13.6 Å². The first-order valence-corrected chi connectivity index (χ1v) is 10.8. The average Bonchev–Trinajstić information content (AvgIpc) is 2.69. The molecule has 1 atom stereocenters. The molecule has 0 unspecified atom stereocenters. The second-order valence-corrected chi connectivity index (χ2v) is 8.80. The topological polar surface area (TPSA) is 70.3 Å². The minimum Gasteiger partial charge on any atom is -0.378 e. The fourth-order valence-corrected chi connectivity index (χ4v) is 3.68. The lowest BCUT2D eigenvalue weighted by Gasteiger charge is -2.33. The van der Waals surface area contributed by atoms with Gasteiger partial charge < -0.3 is 25.3 Å². The number of piperazine rings is 1. The molecule has 2 amide bonds. The standard InChI is InChI=1S/C22H37N5O2/c1-17(2)10-11-23-21(28)22(29)24-16-20(27-14-12-26(5)13-15-27)18-6-8-19(9-7-18)25(3)4/h6-9,17,20H,10-16H2,1-5H3,(H,23,28)(H,24,29)/p+2/t20-/m0/s1. The first-order valence-electron chi connectivity index (χ1n) is 10.8. The highest BCUT2D eigenvalue weighted by Gasteiger charge is 2.30. The lowest BCUT2D eigenvalue weighted by molar-refractivity contribution is -1.02. The quantitative estimate of drug-likeness (QED) is 0.398. The molecule has 7 heteroatoms. The average molecular weight is 406 g/mol. The number of amides is 2. The summed E-state index contributed by atoms with van der Waals surface area (Å²) in [5.74, 6) is -0.580. The van der Waals surface area contributed by atoms with Crippen molar-refractivity contribution in [2.24, 2.45) is 5.92 Å². The minimum atomic E-state index is -0.539. The van der Waals surface area contributed by atoms with Gasteiger partial charge in [0.25, 0.3) is 0 Å². The molecule has 4 N–H and O–H groups in total. The van der Waals surface area contributed by atoms with Crippen molar-refractivity contribution in [1.82, 2.24) is 10.6 Å². The molecule has 1 aromatic rings. The zero-order chi connectivity index (χ0) is 21.4. The van der Waals surface area contributed by atoms with Gasteiger partial charge in [0, 0.05) is 31.9 Å². The van der Waals surface area contributed by atoms with Gasteiger partial charge in [-0.3, -0.25) is 9.59 Å². The largest absolute Gasteiger partial charge is 0.378 e. The van der Waals surface area contributed by atoms with Crippen LogP contribution in [-0.4, -0.2) is 72.2 Å². The molecular weight excluding hydrogens is 366 g/mol. The van der Waals surface area contributed by atoms with Crippen LogP contribution in [0.5, 0.6) is 0 Å². The van der Waals surface area contributed by atoms with Crippen LogP contribution in [0.25, 0.3) is 0 Å². The number of rotatable bonds is 8. The molecule has 7 nitrogen and oxygen atoms in total. The van der Waals surface area contributed by atoms with Crippen molar-refractivity contribution in [2.45, 2.75) is 26.3 Å². The number of hydrogen-bond acceptors (Lipinski definition) is 3. The molecule has 0 aliphatic carbocycles. The van der Waals surface area contributed by atoms with Gasteiger partial charge >= 0.3 is 11.8 Å². The van der Waals surface area contributed by atoms with Gasteiger partial charge in [-0.25, -0.2) is 0 Å². The number of carbonyl (C=O) groups is 2. The van der Waals surface area contributed by atoms with Crippen LogP contribution in [0, 0.1) is 5.92 Å². The Morgan fingerprint density at radius 1 is 1.00 bits per heavy atom. The van der Waals surface area contributed by atoms with Gasteiger partial charge in [0.1, 0.15) is 32.2 Å². The van der Waals surface area contributed by atoms with Crippen molar-refractivity contribution in [3.63, 3.8) is 0 Å². The Bertz CT molecular complexity index is 652. The van der Waals surface area contributed by atoms with E-state index in [1.165, 1.54) is 10.5 Å². The highest BCUT2D eigenvalue weighted by Crippen LogP contribution is 2.16. The van der Waals surface area contributed by atoms with E-state index < -0.39 is 11.8 Å². The number of nitrogens with one attached hydrogen (secondary N) is 4. The fraction of sp³-hybridized carbons (Fsp3) is 0.636. The Kier molecular flexibility index (Phi) is 8.92. The lowest BCUT2D eigenvalue weighted by atomic mass is 10.0. The number of benzene rings is 1. The Balaban J connectivity index is 2.01. The van der Waals surface area contributed by atoms with Crippen molar-refractivity contribution < 1.29 is 19.4 Å². The van der Waals surface area contributed by atoms with Crippen LogP contribution < -0.4 is 25.3 Å². The van der Waals surface area contributed by atoms with E-state index in [-0.39, 0.29) is 6.04 Å². The molecule has 2 rings (SSSR count). The molecule has 0 aromatic heterocycles. The molecule has 1 heterocycles. The van der Waals surface area contributed by atoms with Crippen LogP contribution in [-0.2, 0) is 9.59 Å². The maximum Gasteiger partial charge on any atom is 0.309 e. The number of anilines is 1. The van der Waals surface area contributed by atoms with Crippen molar-refractivity contribution in [3.05, 3.63) is 29.8 Å². The van der Waals surface area contributed by atoms with Gasteiger partial charge in [0.2, 0.25) is 0 Å². The summed E-state index contributed by atoms with van der Waals surface area (Å²) in [7, 11) is 6.28. The number of hydrogen-bond donors (Lipinski definition) is 4. The van der Waals surface area contributed by atoms with Crippen LogP contribution in [0.15, 0.2) is 24.3 Å². The fourth-order valence-electron chi connectivity index (χ4n) is 3.68. The first kappa shape index (κ1) is 23.2. The van der Waals surface area contributed by atoms with Gasteiger partial charge in [-0.2, -0.15) is 0 Å². The molecule has 1 saturated heterocycles. The number of nitrogens with zero attached hydrogens (tertiary/aromatic N) is 1. The summed E-state index contributed by atoms with van der Waals surface area (Å²) in [5, 5.41) is 5.59. The Hall–Kier alpha value is -2.12. The summed E-state index contributed by atoms with van der Waals surface area (Å²) < 4.78 is 0. The molecular formula is C22H39N5O2+2. The molecule has 1 aliphatic heterocycles. The van der Waals surface area contributed by atoms with E-state index in [4.69, 9.17) is 0 Å². The van der Waals surface area contributed by atoms with Crippen LogP contribution >= 0.6 is 0 Å². The van der Waals surface area contributed by atoms with Gasteiger partial charge in [-0.1, -0.05) is 26.0 Å². The van der Waals surface area contributed by atoms with E-state index in [0.29, 0.717) is 19.0 Å². The first-order chi connectivity index (χ1) is 13.8. The number of quaternary nitrogens is 2. The number of carbonyl (C=O) groups excluding carboxylic acids is 2. The molecule has 29 heavy (non-hydrogen) atoms. The normalized spacial score (nSPS) is 20.2. The van der Waals surface area contributed by atoms with Crippen molar-refractivity contribution >= 4 is 17.5 Å². The molecule has 1 aliphatic rings. The van der Waals surface area contributed by atoms with Gasteiger partial charge in [0.15, 0.2) is 0 Å². The zero-order valence-electron chi connectivity index (χ0n) is 18.7. The van der Waals surface area contributed by atoms with Crippen LogP contribution in [0.1, 0.15) is 31.9 Å². The Labute approximate surface area is 175 Å². The summed E-state index contributed by atoms with van der Waals surface area (Å²) in [6.45, 7) is 9.54. The summed E-state index contributed by atoms with van der Waals surface area (Å²) in [6, 6.07) is 8.67. The highest BCUT2D eigenvalue weighted by molar-refractivity contribution is 6.35. The molecule has 0 saturated carbocycles. The third-order valence-corrected chi connectivity index (χ3v) is 5.73. The summed E-state index contributed by atoms with van der Waals surface area (Å²) in [6.07, 6.45) is 0.869. The van der Waals surface area contributed by atoms with Crippen molar-refractivity contribution in [2.75, 3.05) is 65.3 Å². The van der Waals surface area contributed by atoms with Crippen LogP contribution in [0.4, 0.5) is 5.69 Å². The second-order valence-electron chi connectivity index (χ2n) is 8.80. The monoisotopic (exact) mass is 405 g/mol. The summed E-state index contributed by atoms with van der Waals surface area (Å²) in [5.41, 5.74) is 2.35. The van der Waals surface area contributed by atoms with Crippen LogP contribution in [0.3, 0.4) is 0 Å². The SMILES string of the molecule is CC(C)CCNC(=O)C(=O)NC[C@@H](c1ccc(N(C)C)cc1)[NH+]1CC[NH+](C)CC1.